The second kappa shape index (κ2) is 4.22. The van der Waals surface area contributed by atoms with Crippen LogP contribution in [0.1, 0.15) is 5.56 Å². The number of hydrogen-bond acceptors (Lipinski definition) is 1. The van der Waals surface area contributed by atoms with E-state index in [9.17, 15) is 0 Å². The van der Waals surface area contributed by atoms with Crippen LogP contribution in [0.5, 0.6) is 0 Å². The van der Waals surface area contributed by atoms with E-state index in [1.165, 1.54) is 22.5 Å². The van der Waals surface area contributed by atoms with E-state index in [-0.39, 0.29) is 0 Å². The number of thiophene rings is 1. The molecule has 1 aromatic carbocycles. The smallest absolute Gasteiger partial charge is 0.0565 e. The van der Waals surface area contributed by atoms with Crippen LogP contribution in [-0.4, -0.2) is 4.57 Å². The van der Waals surface area contributed by atoms with Gasteiger partial charge in [-0.1, -0.05) is 18.2 Å². The van der Waals surface area contributed by atoms with Gasteiger partial charge in [0, 0.05) is 22.8 Å². The minimum atomic E-state index is 1.21. The largest absolute Gasteiger partial charge is 0.316 e. The second-order valence-electron chi connectivity index (χ2n) is 4.06. The molecular formula is C15H13NS. The average molecular weight is 239 g/mol. The molecule has 84 valence electrons. The van der Waals surface area contributed by atoms with E-state index in [1.54, 1.807) is 11.3 Å². The molecule has 0 N–H and O–H groups in total. The van der Waals surface area contributed by atoms with Crippen LogP contribution in [0.3, 0.4) is 0 Å². The highest BCUT2D eigenvalue weighted by Gasteiger charge is 2.09. The van der Waals surface area contributed by atoms with Crippen molar-refractivity contribution in [1.29, 1.82) is 0 Å². The molecule has 0 spiro atoms. The molecule has 0 aliphatic heterocycles. The van der Waals surface area contributed by atoms with Gasteiger partial charge in [0.25, 0.3) is 0 Å². The minimum Gasteiger partial charge on any atom is -0.316 e. The number of hydrogen-bond donors (Lipinski definition) is 0. The van der Waals surface area contributed by atoms with E-state index in [1.807, 2.05) is 6.07 Å². The predicted octanol–water partition coefficient (Wildman–Crippen LogP) is 4.51. The average Bonchev–Trinajstić information content (AvgIpc) is 2.99. The molecule has 0 fully saturated rings. The third kappa shape index (κ3) is 1.81. The highest BCUT2D eigenvalue weighted by molar-refractivity contribution is 7.08. The van der Waals surface area contributed by atoms with Gasteiger partial charge in [0.15, 0.2) is 0 Å². The standard InChI is InChI=1S/C15H13NS/c1-12-7-9-16(14-5-3-2-4-6-14)15(12)13-8-10-17-11-13/h2-11H,1H3. The van der Waals surface area contributed by atoms with Crippen molar-refractivity contribution < 1.29 is 0 Å². The molecule has 2 heterocycles. The summed E-state index contributed by atoms with van der Waals surface area (Å²) in [6, 6.07) is 14.8. The fourth-order valence-electron chi connectivity index (χ4n) is 2.10. The molecule has 2 aromatic heterocycles. The van der Waals surface area contributed by atoms with E-state index in [0.29, 0.717) is 0 Å². The summed E-state index contributed by atoms with van der Waals surface area (Å²) in [5, 5.41) is 4.32. The lowest BCUT2D eigenvalue weighted by Crippen LogP contribution is -1.94. The highest BCUT2D eigenvalue weighted by Crippen LogP contribution is 2.29. The van der Waals surface area contributed by atoms with Gasteiger partial charge in [0.1, 0.15) is 0 Å². The molecule has 0 saturated heterocycles. The van der Waals surface area contributed by atoms with Gasteiger partial charge >= 0.3 is 0 Å². The molecule has 0 aliphatic rings. The molecular weight excluding hydrogens is 226 g/mol. The van der Waals surface area contributed by atoms with Crippen LogP contribution in [0, 0.1) is 6.92 Å². The SMILES string of the molecule is Cc1ccn(-c2ccccc2)c1-c1ccsc1. The van der Waals surface area contributed by atoms with Gasteiger partial charge in [-0.25, -0.2) is 0 Å². The first-order valence-corrected chi connectivity index (χ1v) is 6.56. The number of benzene rings is 1. The first-order chi connectivity index (χ1) is 8.36. The van der Waals surface area contributed by atoms with Gasteiger partial charge in [0.2, 0.25) is 0 Å². The Morgan fingerprint density at radius 1 is 1.00 bits per heavy atom. The van der Waals surface area contributed by atoms with Crippen LogP contribution in [0.2, 0.25) is 0 Å². The van der Waals surface area contributed by atoms with Crippen LogP contribution in [0.4, 0.5) is 0 Å². The molecule has 0 unspecified atom stereocenters. The van der Waals surface area contributed by atoms with Crippen molar-refractivity contribution in [1.82, 2.24) is 4.57 Å². The van der Waals surface area contributed by atoms with Gasteiger partial charge in [-0.3, -0.25) is 0 Å². The predicted molar refractivity (Wildman–Crippen MR) is 73.8 cm³/mol. The van der Waals surface area contributed by atoms with Crippen molar-refractivity contribution in [2.45, 2.75) is 6.92 Å². The third-order valence-electron chi connectivity index (χ3n) is 2.92. The summed E-state index contributed by atoms with van der Waals surface area (Å²) < 4.78 is 2.25. The van der Waals surface area contributed by atoms with Crippen molar-refractivity contribution in [2.75, 3.05) is 0 Å². The molecule has 0 aliphatic carbocycles. The quantitative estimate of drug-likeness (QED) is 0.620. The van der Waals surface area contributed by atoms with Crippen LogP contribution in [-0.2, 0) is 0 Å². The van der Waals surface area contributed by atoms with E-state index in [0.717, 1.165) is 0 Å². The maximum absolute atomic E-state index is 2.25. The topological polar surface area (TPSA) is 4.93 Å². The summed E-state index contributed by atoms with van der Waals surface area (Å²) in [6.07, 6.45) is 2.14. The second-order valence-corrected chi connectivity index (χ2v) is 4.84. The number of aryl methyl sites for hydroxylation is 1. The summed E-state index contributed by atoms with van der Waals surface area (Å²) in [7, 11) is 0. The molecule has 17 heavy (non-hydrogen) atoms. The lowest BCUT2D eigenvalue weighted by Gasteiger charge is -2.09. The summed E-state index contributed by atoms with van der Waals surface area (Å²) in [5.41, 5.74) is 5.10. The number of aromatic nitrogens is 1. The molecule has 0 radical (unpaired) electrons. The number of rotatable bonds is 2. The molecule has 0 saturated carbocycles. The summed E-state index contributed by atoms with van der Waals surface area (Å²) in [6.45, 7) is 2.16. The maximum atomic E-state index is 2.25. The Morgan fingerprint density at radius 3 is 2.53 bits per heavy atom. The monoisotopic (exact) mass is 239 g/mol. The van der Waals surface area contributed by atoms with Crippen LogP contribution in [0.15, 0.2) is 59.4 Å². The van der Waals surface area contributed by atoms with Gasteiger partial charge in [-0.2, -0.15) is 11.3 Å². The zero-order valence-electron chi connectivity index (χ0n) is 9.63. The fourth-order valence-corrected chi connectivity index (χ4v) is 2.74. The van der Waals surface area contributed by atoms with Crippen LogP contribution >= 0.6 is 11.3 Å². The summed E-state index contributed by atoms with van der Waals surface area (Å²) in [5.74, 6) is 0. The zero-order chi connectivity index (χ0) is 11.7. The number of para-hydroxylation sites is 1. The first kappa shape index (κ1) is 10.4. The lowest BCUT2D eigenvalue weighted by atomic mass is 10.1. The Kier molecular flexibility index (Phi) is 2.57. The summed E-state index contributed by atoms with van der Waals surface area (Å²) >= 11 is 1.74. The van der Waals surface area contributed by atoms with E-state index in [2.05, 4.69) is 64.8 Å². The molecule has 2 heteroatoms. The molecule has 3 rings (SSSR count). The van der Waals surface area contributed by atoms with Gasteiger partial charge in [-0.15, -0.1) is 0 Å². The van der Waals surface area contributed by atoms with Crippen molar-refractivity contribution in [2.24, 2.45) is 0 Å². The highest BCUT2D eigenvalue weighted by atomic mass is 32.1. The molecule has 3 aromatic rings. The van der Waals surface area contributed by atoms with Gasteiger partial charge in [-0.05, 0) is 42.1 Å². The van der Waals surface area contributed by atoms with Crippen molar-refractivity contribution in [3.8, 4) is 16.9 Å². The Hall–Kier alpha value is -1.80. The molecule has 1 nitrogen and oxygen atoms in total. The molecule has 0 amide bonds. The third-order valence-corrected chi connectivity index (χ3v) is 3.60. The van der Waals surface area contributed by atoms with Crippen molar-refractivity contribution in [3.63, 3.8) is 0 Å². The number of nitrogens with zero attached hydrogens (tertiary/aromatic N) is 1. The Balaban J connectivity index is 2.20. The van der Waals surface area contributed by atoms with E-state index >= 15 is 0 Å². The van der Waals surface area contributed by atoms with Crippen molar-refractivity contribution in [3.05, 3.63) is 65.0 Å². The van der Waals surface area contributed by atoms with E-state index in [4.69, 9.17) is 0 Å². The van der Waals surface area contributed by atoms with E-state index < -0.39 is 0 Å². The maximum Gasteiger partial charge on any atom is 0.0565 e. The van der Waals surface area contributed by atoms with Crippen LogP contribution < -0.4 is 0 Å². The van der Waals surface area contributed by atoms with Crippen LogP contribution in [0.25, 0.3) is 16.9 Å². The Bertz CT molecular complexity index is 606. The van der Waals surface area contributed by atoms with Gasteiger partial charge < -0.3 is 4.57 Å². The Labute approximate surface area is 105 Å². The van der Waals surface area contributed by atoms with Crippen molar-refractivity contribution >= 4 is 11.3 Å². The molecule has 0 bridgehead atoms. The normalized spacial score (nSPS) is 10.6. The Morgan fingerprint density at radius 2 is 1.82 bits per heavy atom. The lowest BCUT2D eigenvalue weighted by molar-refractivity contribution is 1.08. The first-order valence-electron chi connectivity index (χ1n) is 5.62. The molecule has 0 atom stereocenters. The summed E-state index contributed by atoms with van der Waals surface area (Å²) in [4.78, 5) is 0. The zero-order valence-corrected chi connectivity index (χ0v) is 10.4. The van der Waals surface area contributed by atoms with Gasteiger partial charge in [0.05, 0.1) is 5.69 Å². The fraction of sp³-hybridized carbons (Fsp3) is 0.0667. The minimum absolute atomic E-state index is 1.21.